The van der Waals surface area contributed by atoms with Crippen molar-refractivity contribution in [1.29, 1.82) is 0 Å². The van der Waals surface area contributed by atoms with Crippen LogP contribution in [0.4, 0.5) is 0 Å². The molecule has 0 heterocycles. The van der Waals surface area contributed by atoms with Crippen LogP contribution in [0.5, 0.6) is 0 Å². The van der Waals surface area contributed by atoms with Crippen molar-refractivity contribution >= 4 is 19.8 Å². The topological polar surface area (TPSA) is 210 Å². The summed E-state index contributed by atoms with van der Waals surface area (Å²) in [4.78, 5) is 35.2. The first-order valence-electron chi connectivity index (χ1n) is 21.8. The third kappa shape index (κ3) is 25.7. The molecule has 0 aromatic heterocycles. The Hall–Kier alpha value is -1.15. The number of phosphoric acid groups is 1. The fourth-order valence-electron chi connectivity index (χ4n) is 6.88. The Labute approximate surface area is 331 Å². The number of unbranched alkanes of at least 4 members (excludes halogenated alkanes) is 24. The molecule has 14 heteroatoms. The Morgan fingerprint density at radius 1 is 0.491 bits per heavy atom. The van der Waals surface area contributed by atoms with E-state index in [2.05, 4.69) is 6.92 Å². The maximum Gasteiger partial charge on any atom is 0.472 e. The number of ether oxygens (including phenoxy) is 2. The molecule has 0 aliphatic heterocycles. The van der Waals surface area contributed by atoms with Crippen LogP contribution < -0.4 is 0 Å². The van der Waals surface area contributed by atoms with E-state index in [1.165, 1.54) is 116 Å². The van der Waals surface area contributed by atoms with Crippen molar-refractivity contribution < 1.29 is 63.1 Å². The molecule has 1 rings (SSSR count). The highest BCUT2D eigenvalue weighted by molar-refractivity contribution is 7.47. The van der Waals surface area contributed by atoms with Crippen LogP contribution in [0, 0.1) is 0 Å². The van der Waals surface area contributed by atoms with Crippen LogP contribution in [0.1, 0.15) is 194 Å². The lowest BCUT2D eigenvalue weighted by molar-refractivity contribution is -0.220. The number of carbonyl (C=O) groups excluding carboxylic acids is 2. The third-order valence-electron chi connectivity index (χ3n) is 10.4. The molecule has 326 valence electrons. The normalized spacial score (nSPS) is 23.0. The third-order valence-corrected chi connectivity index (χ3v) is 11.4. The summed E-state index contributed by atoms with van der Waals surface area (Å²) in [6.07, 6.45) is 18.4. The maximum atomic E-state index is 12.7. The van der Waals surface area contributed by atoms with Gasteiger partial charge in [-0.25, -0.2) is 4.57 Å². The molecule has 0 aromatic rings. The van der Waals surface area contributed by atoms with E-state index in [-0.39, 0.29) is 12.8 Å². The summed E-state index contributed by atoms with van der Waals surface area (Å²) in [5.41, 5.74) is 0. The Balaban J connectivity index is 2.28. The van der Waals surface area contributed by atoms with E-state index in [0.29, 0.717) is 12.8 Å². The van der Waals surface area contributed by atoms with Crippen LogP contribution in [0.3, 0.4) is 0 Å². The predicted molar refractivity (Wildman–Crippen MR) is 212 cm³/mol. The molecule has 0 spiro atoms. The summed E-state index contributed by atoms with van der Waals surface area (Å²) in [5, 5.41) is 49.8. The summed E-state index contributed by atoms with van der Waals surface area (Å²) < 4.78 is 33.2. The number of hydrogen-bond acceptors (Lipinski definition) is 12. The first-order chi connectivity index (χ1) is 26.4. The monoisotopic (exact) mass is 811 g/mol. The molecule has 6 N–H and O–H groups in total. The number of aliphatic hydroxyl groups excluding tert-OH is 5. The summed E-state index contributed by atoms with van der Waals surface area (Å²) in [5.74, 6) is -1.11. The molecule has 1 aliphatic rings. The van der Waals surface area contributed by atoms with Crippen molar-refractivity contribution in [2.45, 2.75) is 236 Å². The van der Waals surface area contributed by atoms with Gasteiger partial charge in [0.15, 0.2) is 6.10 Å². The molecular weight excluding hydrogens is 731 g/mol. The van der Waals surface area contributed by atoms with Crippen molar-refractivity contribution in [2.75, 3.05) is 13.2 Å². The lowest BCUT2D eigenvalue weighted by Gasteiger charge is -2.41. The van der Waals surface area contributed by atoms with Crippen LogP contribution in [0.25, 0.3) is 0 Å². The Morgan fingerprint density at radius 2 is 0.818 bits per heavy atom. The minimum absolute atomic E-state index is 0.104. The molecule has 1 aliphatic carbocycles. The minimum Gasteiger partial charge on any atom is -0.462 e. The predicted octanol–water partition coefficient (Wildman–Crippen LogP) is 7.72. The average molecular weight is 811 g/mol. The van der Waals surface area contributed by atoms with Crippen LogP contribution in [-0.2, 0) is 32.7 Å². The van der Waals surface area contributed by atoms with E-state index in [1.54, 1.807) is 0 Å². The largest absolute Gasteiger partial charge is 0.472 e. The Bertz CT molecular complexity index is 985. The van der Waals surface area contributed by atoms with Gasteiger partial charge >= 0.3 is 19.8 Å². The van der Waals surface area contributed by atoms with Gasteiger partial charge in [0.1, 0.15) is 43.2 Å². The van der Waals surface area contributed by atoms with Crippen molar-refractivity contribution in [3.63, 3.8) is 0 Å². The number of hydrogen-bond donors (Lipinski definition) is 6. The number of aliphatic hydroxyl groups is 5. The van der Waals surface area contributed by atoms with Gasteiger partial charge in [-0.1, -0.05) is 168 Å². The van der Waals surface area contributed by atoms with E-state index >= 15 is 0 Å². The quantitative estimate of drug-likeness (QED) is 0.0204. The van der Waals surface area contributed by atoms with Gasteiger partial charge in [0.2, 0.25) is 0 Å². The molecule has 6 atom stereocenters. The van der Waals surface area contributed by atoms with Crippen molar-refractivity contribution in [1.82, 2.24) is 0 Å². The summed E-state index contributed by atoms with van der Waals surface area (Å²) >= 11 is 0. The SMILES string of the molecule is CCCCCCCCCCCCCCCCCCCCCCCCC(=O)OC(COC(=O)CCCCCC)COP(=O)(O)OC1C(O)C(O)C(O)C(O)C1O. The summed E-state index contributed by atoms with van der Waals surface area (Å²) in [7, 11) is -5.09. The molecular formula is C41H79O13P. The lowest BCUT2D eigenvalue weighted by Crippen LogP contribution is -2.64. The average Bonchev–Trinajstić information content (AvgIpc) is 3.16. The second-order valence-electron chi connectivity index (χ2n) is 15.6. The second-order valence-corrected chi connectivity index (χ2v) is 17.0. The molecule has 1 fully saturated rings. The Morgan fingerprint density at radius 3 is 1.22 bits per heavy atom. The minimum atomic E-state index is -5.09. The molecule has 0 bridgehead atoms. The van der Waals surface area contributed by atoms with Crippen molar-refractivity contribution in [3.05, 3.63) is 0 Å². The molecule has 6 unspecified atom stereocenters. The maximum absolute atomic E-state index is 12.7. The number of esters is 2. The van der Waals surface area contributed by atoms with Crippen LogP contribution in [0.2, 0.25) is 0 Å². The van der Waals surface area contributed by atoms with E-state index in [9.17, 15) is 44.6 Å². The molecule has 55 heavy (non-hydrogen) atoms. The summed E-state index contributed by atoms with van der Waals surface area (Å²) in [6, 6.07) is 0. The van der Waals surface area contributed by atoms with Crippen molar-refractivity contribution in [3.8, 4) is 0 Å². The highest BCUT2D eigenvalue weighted by atomic mass is 31.2. The van der Waals surface area contributed by atoms with Gasteiger partial charge in [-0.15, -0.1) is 0 Å². The fourth-order valence-corrected chi connectivity index (χ4v) is 7.85. The number of rotatable bonds is 36. The first kappa shape index (κ1) is 51.9. The van der Waals surface area contributed by atoms with Crippen LogP contribution in [0.15, 0.2) is 0 Å². The number of carbonyl (C=O) groups is 2. The van der Waals surface area contributed by atoms with Gasteiger partial charge in [0.05, 0.1) is 6.61 Å². The van der Waals surface area contributed by atoms with Crippen molar-refractivity contribution in [2.24, 2.45) is 0 Å². The van der Waals surface area contributed by atoms with E-state index in [0.717, 1.165) is 38.5 Å². The van der Waals surface area contributed by atoms with Gasteiger partial charge in [-0.2, -0.15) is 0 Å². The molecule has 1 saturated carbocycles. The van der Waals surface area contributed by atoms with E-state index in [1.807, 2.05) is 6.92 Å². The fraction of sp³-hybridized carbons (Fsp3) is 0.951. The van der Waals surface area contributed by atoms with Crippen LogP contribution >= 0.6 is 7.82 Å². The van der Waals surface area contributed by atoms with Crippen LogP contribution in [-0.4, -0.2) is 98.3 Å². The Kier molecular flexibility index (Phi) is 30.9. The molecule has 0 saturated heterocycles. The zero-order valence-corrected chi connectivity index (χ0v) is 35.1. The van der Waals surface area contributed by atoms with E-state index < -0.39 is 75.7 Å². The molecule has 0 amide bonds. The lowest BCUT2D eigenvalue weighted by atomic mass is 9.85. The van der Waals surface area contributed by atoms with Gasteiger partial charge < -0.3 is 39.9 Å². The number of phosphoric ester groups is 1. The zero-order chi connectivity index (χ0) is 40.7. The van der Waals surface area contributed by atoms with Gasteiger partial charge in [0.25, 0.3) is 0 Å². The molecule has 0 radical (unpaired) electrons. The standard InChI is InChI=1S/C41H79O13P/c1-3-5-7-9-10-11-12-13-14-15-16-17-18-19-20-21-22-23-24-25-26-28-30-35(43)53-33(31-51-34(42)29-27-8-6-4-2)32-52-55(49,50)54-41-39(47)37(45)36(44)38(46)40(41)48/h33,36-41,44-48H,3-32H2,1-2H3,(H,49,50). The smallest absolute Gasteiger partial charge is 0.462 e. The molecule has 0 aromatic carbocycles. The van der Waals surface area contributed by atoms with Gasteiger partial charge in [0, 0.05) is 12.8 Å². The first-order valence-corrected chi connectivity index (χ1v) is 23.3. The van der Waals surface area contributed by atoms with Gasteiger partial charge in [-0.3, -0.25) is 18.6 Å². The highest BCUT2D eigenvalue weighted by Crippen LogP contribution is 2.47. The zero-order valence-electron chi connectivity index (χ0n) is 34.2. The second kappa shape index (κ2) is 32.8. The highest BCUT2D eigenvalue weighted by Gasteiger charge is 2.51. The molecule has 13 nitrogen and oxygen atoms in total. The summed E-state index contributed by atoms with van der Waals surface area (Å²) in [6.45, 7) is 3.15. The van der Waals surface area contributed by atoms with Gasteiger partial charge in [-0.05, 0) is 12.8 Å². The van der Waals surface area contributed by atoms with E-state index in [4.69, 9.17) is 18.5 Å².